The quantitative estimate of drug-likeness (QED) is 0.566. The molecule has 2 rings (SSSR count). The summed E-state index contributed by atoms with van der Waals surface area (Å²) in [6, 6.07) is 10.1. The Labute approximate surface area is 152 Å². The number of nitrogens with one attached hydrogen (secondary N) is 3. The number of hydrogen-bond donors (Lipinski definition) is 3. The first-order valence-corrected chi connectivity index (χ1v) is 9.01. The highest BCUT2D eigenvalue weighted by Crippen LogP contribution is 2.23. The van der Waals surface area contributed by atoms with Crippen molar-refractivity contribution in [3.8, 4) is 10.6 Å². The van der Waals surface area contributed by atoms with Crippen molar-refractivity contribution >= 4 is 23.2 Å². The first-order valence-electron chi connectivity index (χ1n) is 8.13. The van der Waals surface area contributed by atoms with Gasteiger partial charge in [0.05, 0.1) is 18.8 Å². The summed E-state index contributed by atoms with van der Waals surface area (Å²) in [4.78, 5) is 20.6. The second-order valence-corrected chi connectivity index (χ2v) is 7.45. The Morgan fingerprint density at radius 2 is 1.92 bits per heavy atom. The third kappa shape index (κ3) is 6.54. The van der Waals surface area contributed by atoms with E-state index < -0.39 is 0 Å². The maximum Gasteiger partial charge on any atom is 0.239 e. The molecule has 0 fully saturated rings. The zero-order valence-electron chi connectivity index (χ0n) is 15.1. The van der Waals surface area contributed by atoms with Gasteiger partial charge in [0.1, 0.15) is 5.01 Å². The lowest BCUT2D eigenvalue weighted by molar-refractivity contribution is -0.121. The van der Waals surface area contributed by atoms with E-state index in [4.69, 9.17) is 0 Å². The Kier molecular flexibility index (Phi) is 6.52. The van der Waals surface area contributed by atoms with Crippen LogP contribution in [0.15, 0.2) is 40.7 Å². The molecule has 0 spiro atoms. The number of nitrogens with zero attached hydrogens (tertiary/aromatic N) is 2. The summed E-state index contributed by atoms with van der Waals surface area (Å²) >= 11 is 1.61. The van der Waals surface area contributed by atoms with Crippen LogP contribution in [0.25, 0.3) is 10.6 Å². The molecule has 25 heavy (non-hydrogen) atoms. The number of thiazole rings is 1. The smallest absolute Gasteiger partial charge is 0.239 e. The summed E-state index contributed by atoms with van der Waals surface area (Å²) in [5, 5.41) is 12.1. The lowest BCUT2D eigenvalue weighted by atomic mass is 10.1. The van der Waals surface area contributed by atoms with Gasteiger partial charge in [-0.3, -0.25) is 9.79 Å². The number of benzene rings is 1. The van der Waals surface area contributed by atoms with E-state index in [1.807, 2.05) is 56.5 Å². The Bertz CT molecular complexity index is 719. The van der Waals surface area contributed by atoms with Crippen molar-refractivity contribution in [2.24, 2.45) is 4.99 Å². The van der Waals surface area contributed by atoms with Crippen LogP contribution in [-0.4, -0.2) is 36.0 Å². The highest BCUT2D eigenvalue weighted by atomic mass is 32.1. The predicted octanol–water partition coefficient (Wildman–Crippen LogP) is 2.39. The second kappa shape index (κ2) is 8.62. The van der Waals surface area contributed by atoms with Crippen LogP contribution in [0.5, 0.6) is 0 Å². The zero-order chi connectivity index (χ0) is 18.3. The number of amides is 1. The number of aliphatic imine (C=N–C) groups is 1. The number of carbonyl (C=O) groups excluding carboxylic acids is 1. The summed E-state index contributed by atoms with van der Waals surface area (Å²) in [6.07, 6.45) is 0. The highest BCUT2D eigenvalue weighted by molar-refractivity contribution is 7.13. The van der Waals surface area contributed by atoms with Gasteiger partial charge in [-0.2, -0.15) is 0 Å². The third-order valence-electron chi connectivity index (χ3n) is 3.16. The van der Waals surface area contributed by atoms with Crippen LogP contribution in [0.4, 0.5) is 0 Å². The van der Waals surface area contributed by atoms with Crippen LogP contribution in [0.3, 0.4) is 0 Å². The molecule has 0 aliphatic carbocycles. The number of aromatic nitrogens is 1. The molecule has 1 aromatic heterocycles. The number of hydrogen-bond acceptors (Lipinski definition) is 4. The number of guanidine groups is 1. The largest absolute Gasteiger partial charge is 0.351 e. The van der Waals surface area contributed by atoms with Crippen molar-refractivity contribution in [1.29, 1.82) is 0 Å². The van der Waals surface area contributed by atoms with Gasteiger partial charge in [0.25, 0.3) is 0 Å². The van der Waals surface area contributed by atoms with Crippen LogP contribution >= 0.6 is 11.3 Å². The molecule has 1 heterocycles. The first kappa shape index (κ1) is 18.9. The van der Waals surface area contributed by atoms with E-state index in [2.05, 4.69) is 25.9 Å². The second-order valence-electron chi connectivity index (χ2n) is 6.59. The highest BCUT2D eigenvalue weighted by Gasteiger charge is 2.13. The van der Waals surface area contributed by atoms with E-state index in [9.17, 15) is 4.79 Å². The van der Waals surface area contributed by atoms with Gasteiger partial charge in [-0.05, 0) is 20.8 Å². The summed E-state index contributed by atoms with van der Waals surface area (Å²) in [6.45, 7) is 6.56. The molecule has 3 N–H and O–H groups in total. The van der Waals surface area contributed by atoms with E-state index >= 15 is 0 Å². The molecule has 0 aliphatic rings. The van der Waals surface area contributed by atoms with Crippen molar-refractivity contribution in [2.45, 2.75) is 32.9 Å². The molecular formula is C18H25N5OS. The molecule has 1 amide bonds. The van der Waals surface area contributed by atoms with Crippen LogP contribution < -0.4 is 16.0 Å². The van der Waals surface area contributed by atoms with Gasteiger partial charge in [0.2, 0.25) is 5.91 Å². The fourth-order valence-electron chi connectivity index (χ4n) is 2.12. The SMILES string of the molecule is CN=C(NCC(=O)NC(C)(C)C)NCc1csc(-c2ccccc2)n1. The van der Waals surface area contributed by atoms with Crippen LogP contribution in [-0.2, 0) is 11.3 Å². The molecule has 0 radical (unpaired) electrons. The van der Waals surface area contributed by atoms with Gasteiger partial charge in [0.15, 0.2) is 5.96 Å². The van der Waals surface area contributed by atoms with Gasteiger partial charge >= 0.3 is 0 Å². The van der Waals surface area contributed by atoms with Crippen molar-refractivity contribution in [3.05, 3.63) is 41.4 Å². The van der Waals surface area contributed by atoms with Gasteiger partial charge in [-0.25, -0.2) is 4.98 Å². The van der Waals surface area contributed by atoms with Gasteiger partial charge in [-0.15, -0.1) is 11.3 Å². The molecule has 0 unspecified atom stereocenters. The minimum atomic E-state index is -0.246. The molecular weight excluding hydrogens is 334 g/mol. The lowest BCUT2D eigenvalue weighted by Gasteiger charge is -2.21. The van der Waals surface area contributed by atoms with Crippen molar-refractivity contribution < 1.29 is 4.79 Å². The third-order valence-corrected chi connectivity index (χ3v) is 4.10. The summed E-state index contributed by atoms with van der Waals surface area (Å²) in [5.41, 5.74) is 1.80. The van der Waals surface area contributed by atoms with E-state index in [-0.39, 0.29) is 18.0 Å². The first-order chi connectivity index (χ1) is 11.9. The Morgan fingerprint density at radius 1 is 1.20 bits per heavy atom. The maximum absolute atomic E-state index is 11.8. The standard InChI is InChI=1S/C18H25N5OS/c1-18(2,3)23-15(24)11-21-17(19-4)20-10-14-12-25-16(22-14)13-8-6-5-7-9-13/h5-9,12H,10-11H2,1-4H3,(H,23,24)(H2,19,20,21). The van der Waals surface area contributed by atoms with Gasteiger partial charge in [-0.1, -0.05) is 30.3 Å². The predicted molar refractivity (Wildman–Crippen MR) is 104 cm³/mol. The fourth-order valence-corrected chi connectivity index (χ4v) is 2.95. The maximum atomic E-state index is 11.8. The molecule has 1 aromatic carbocycles. The molecule has 2 aromatic rings. The number of carbonyl (C=O) groups is 1. The molecule has 134 valence electrons. The molecule has 0 bridgehead atoms. The Balaban J connectivity index is 1.83. The average molecular weight is 359 g/mol. The van der Waals surface area contributed by atoms with E-state index in [0.717, 1.165) is 16.3 Å². The minimum absolute atomic E-state index is 0.0736. The molecule has 6 nitrogen and oxygen atoms in total. The van der Waals surface area contributed by atoms with Crippen molar-refractivity contribution in [2.75, 3.05) is 13.6 Å². The molecule has 7 heteroatoms. The average Bonchev–Trinajstić information content (AvgIpc) is 3.03. The van der Waals surface area contributed by atoms with Crippen LogP contribution in [0, 0.1) is 0 Å². The topological polar surface area (TPSA) is 78.4 Å². The van der Waals surface area contributed by atoms with E-state index in [0.29, 0.717) is 12.5 Å². The molecule has 0 saturated heterocycles. The fraction of sp³-hybridized carbons (Fsp3) is 0.389. The number of rotatable bonds is 5. The monoisotopic (exact) mass is 359 g/mol. The molecule has 0 atom stereocenters. The summed E-state index contributed by atoms with van der Waals surface area (Å²) in [7, 11) is 1.67. The normalized spacial score (nSPS) is 11.9. The van der Waals surface area contributed by atoms with Crippen LogP contribution in [0.1, 0.15) is 26.5 Å². The van der Waals surface area contributed by atoms with E-state index in [1.54, 1.807) is 18.4 Å². The minimum Gasteiger partial charge on any atom is -0.351 e. The van der Waals surface area contributed by atoms with Crippen molar-refractivity contribution in [3.63, 3.8) is 0 Å². The summed E-state index contributed by atoms with van der Waals surface area (Å²) in [5.74, 6) is 0.494. The molecule has 0 saturated carbocycles. The Morgan fingerprint density at radius 3 is 2.56 bits per heavy atom. The van der Waals surface area contributed by atoms with Crippen molar-refractivity contribution in [1.82, 2.24) is 20.9 Å². The van der Waals surface area contributed by atoms with Gasteiger partial charge < -0.3 is 16.0 Å². The summed E-state index contributed by atoms with van der Waals surface area (Å²) < 4.78 is 0. The Hall–Kier alpha value is -2.41. The van der Waals surface area contributed by atoms with Crippen LogP contribution in [0.2, 0.25) is 0 Å². The zero-order valence-corrected chi connectivity index (χ0v) is 15.9. The lowest BCUT2D eigenvalue weighted by Crippen LogP contribution is -2.48. The van der Waals surface area contributed by atoms with Gasteiger partial charge in [0, 0.05) is 23.5 Å². The van der Waals surface area contributed by atoms with E-state index in [1.165, 1.54) is 0 Å². The molecule has 0 aliphatic heterocycles.